The van der Waals surface area contributed by atoms with Crippen molar-refractivity contribution in [3.05, 3.63) is 83.9 Å². The van der Waals surface area contributed by atoms with E-state index in [1.807, 2.05) is 54.6 Å². The van der Waals surface area contributed by atoms with Gasteiger partial charge in [-0.15, -0.1) is 0 Å². The second kappa shape index (κ2) is 7.24. The maximum Gasteiger partial charge on any atom is 0.251 e. The monoisotopic (exact) mass is 381 g/mol. The van der Waals surface area contributed by atoms with Gasteiger partial charge in [-0.05, 0) is 36.2 Å². The zero-order valence-electron chi connectivity index (χ0n) is 15.6. The van der Waals surface area contributed by atoms with Crippen molar-refractivity contribution in [3.8, 4) is 11.5 Å². The van der Waals surface area contributed by atoms with Crippen LogP contribution in [0.15, 0.2) is 72.8 Å². The molecule has 0 bridgehead atoms. The molecule has 0 fully saturated rings. The lowest BCUT2D eigenvalue weighted by molar-refractivity contribution is 0.0954. The van der Waals surface area contributed by atoms with E-state index in [1.54, 1.807) is 6.07 Å². The summed E-state index contributed by atoms with van der Waals surface area (Å²) in [5, 5.41) is 11.4. The van der Waals surface area contributed by atoms with E-state index >= 15 is 0 Å². The maximum absolute atomic E-state index is 12.5. The van der Waals surface area contributed by atoms with Crippen molar-refractivity contribution in [1.82, 2.24) is 25.5 Å². The first kappa shape index (κ1) is 17.2. The van der Waals surface area contributed by atoms with Crippen LogP contribution >= 0.6 is 0 Å². The van der Waals surface area contributed by atoms with E-state index < -0.39 is 0 Å². The van der Waals surface area contributed by atoms with Crippen molar-refractivity contribution in [1.29, 1.82) is 0 Å². The van der Waals surface area contributed by atoms with Gasteiger partial charge in [0.2, 0.25) is 0 Å². The first-order valence-corrected chi connectivity index (χ1v) is 9.53. The van der Waals surface area contributed by atoms with Crippen LogP contribution < -0.4 is 5.32 Å². The molecule has 3 N–H and O–H groups in total. The highest BCUT2D eigenvalue weighted by Crippen LogP contribution is 2.26. The first-order chi connectivity index (χ1) is 14.3. The van der Waals surface area contributed by atoms with Crippen LogP contribution in [0.1, 0.15) is 15.9 Å². The molecule has 0 unspecified atom stereocenters. The molecule has 0 spiro atoms. The van der Waals surface area contributed by atoms with Crippen LogP contribution in [-0.2, 0) is 6.42 Å². The Balaban J connectivity index is 1.36. The molecule has 0 radical (unpaired) electrons. The van der Waals surface area contributed by atoms with Crippen LogP contribution in [0, 0.1) is 0 Å². The minimum atomic E-state index is -0.0933. The summed E-state index contributed by atoms with van der Waals surface area (Å²) in [6.45, 7) is 0.592. The number of fused-ring (bicyclic) bond motifs is 2. The van der Waals surface area contributed by atoms with Crippen molar-refractivity contribution < 1.29 is 4.79 Å². The fourth-order valence-electron chi connectivity index (χ4n) is 3.47. The van der Waals surface area contributed by atoms with Crippen molar-refractivity contribution in [2.75, 3.05) is 6.54 Å². The molecule has 5 aromatic rings. The Hall–Kier alpha value is -3.93. The number of hydrogen-bond donors (Lipinski definition) is 3. The molecule has 1 amide bonds. The van der Waals surface area contributed by atoms with E-state index in [0.717, 1.165) is 34.1 Å². The predicted molar refractivity (Wildman–Crippen MR) is 114 cm³/mol. The van der Waals surface area contributed by atoms with E-state index in [2.05, 4.69) is 37.6 Å². The molecule has 0 aliphatic rings. The molecule has 2 heterocycles. The van der Waals surface area contributed by atoms with Gasteiger partial charge in [0, 0.05) is 17.5 Å². The number of carbonyl (C=O) groups excluding carboxylic acids is 1. The summed E-state index contributed by atoms with van der Waals surface area (Å²) in [5.41, 5.74) is 5.14. The number of benzene rings is 3. The molecule has 29 heavy (non-hydrogen) atoms. The first-order valence-electron chi connectivity index (χ1n) is 9.53. The van der Waals surface area contributed by atoms with Gasteiger partial charge < -0.3 is 10.3 Å². The number of H-pyrrole nitrogens is 2. The summed E-state index contributed by atoms with van der Waals surface area (Å²) in [4.78, 5) is 20.5. The van der Waals surface area contributed by atoms with Gasteiger partial charge in [0.1, 0.15) is 5.69 Å². The van der Waals surface area contributed by atoms with Crippen molar-refractivity contribution in [2.24, 2.45) is 0 Å². The van der Waals surface area contributed by atoms with Gasteiger partial charge in [0.25, 0.3) is 5.91 Å². The average Bonchev–Trinajstić information content (AvgIpc) is 3.37. The number of aromatic amines is 2. The third kappa shape index (κ3) is 3.36. The number of para-hydroxylation sites is 1. The largest absolute Gasteiger partial charge is 0.352 e. The number of rotatable bonds is 5. The second-order valence-corrected chi connectivity index (χ2v) is 6.93. The molecule has 3 aromatic carbocycles. The number of carbonyl (C=O) groups is 1. The van der Waals surface area contributed by atoms with Crippen LogP contribution in [0.5, 0.6) is 0 Å². The minimum Gasteiger partial charge on any atom is -0.352 e. The summed E-state index contributed by atoms with van der Waals surface area (Å²) >= 11 is 0. The lowest BCUT2D eigenvalue weighted by Gasteiger charge is -2.05. The summed E-state index contributed by atoms with van der Waals surface area (Å²) in [6, 6.07) is 23.5. The number of aromatic nitrogens is 4. The topological polar surface area (TPSA) is 86.5 Å². The molecule has 0 aliphatic heterocycles. The van der Waals surface area contributed by atoms with Crippen molar-refractivity contribution >= 4 is 27.8 Å². The van der Waals surface area contributed by atoms with Gasteiger partial charge in [-0.1, -0.05) is 48.5 Å². The van der Waals surface area contributed by atoms with Crippen molar-refractivity contribution in [3.63, 3.8) is 0 Å². The Kier molecular flexibility index (Phi) is 4.29. The minimum absolute atomic E-state index is 0.0933. The third-order valence-corrected chi connectivity index (χ3v) is 4.98. The number of imidazole rings is 1. The Labute approximate surface area is 167 Å². The van der Waals surface area contributed by atoms with Crippen molar-refractivity contribution in [2.45, 2.75) is 6.42 Å². The molecule has 6 heteroatoms. The molecule has 0 aliphatic carbocycles. The summed E-state index contributed by atoms with van der Waals surface area (Å²) in [7, 11) is 0. The Bertz CT molecular complexity index is 1300. The Morgan fingerprint density at radius 1 is 0.931 bits per heavy atom. The van der Waals surface area contributed by atoms with Crippen LogP contribution in [0.25, 0.3) is 33.5 Å². The Morgan fingerprint density at radius 3 is 2.66 bits per heavy atom. The fourth-order valence-corrected chi connectivity index (χ4v) is 3.47. The van der Waals surface area contributed by atoms with Gasteiger partial charge in [-0.2, -0.15) is 5.10 Å². The molecule has 6 nitrogen and oxygen atoms in total. The highest BCUT2D eigenvalue weighted by atomic mass is 16.1. The SMILES string of the molecule is O=C(NCCc1ccccc1)c1ccc2nc(-c3n[nH]c4ccccc34)[nH]c2c1. The highest BCUT2D eigenvalue weighted by Gasteiger charge is 2.13. The molecule has 142 valence electrons. The smallest absolute Gasteiger partial charge is 0.251 e. The van der Waals surface area contributed by atoms with Crippen LogP contribution in [0.3, 0.4) is 0 Å². The van der Waals surface area contributed by atoms with E-state index in [-0.39, 0.29) is 5.91 Å². The number of nitrogens with zero attached hydrogens (tertiary/aromatic N) is 2. The highest BCUT2D eigenvalue weighted by molar-refractivity contribution is 5.98. The van der Waals surface area contributed by atoms with Gasteiger partial charge in [-0.25, -0.2) is 4.98 Å². The van der Waals surface area contributed by atoms with Gasteiger partial charge >= 0.3 is 0 Å². The third-order valence-electron chi connectivity index (χ3n) is 4.98. The lowest BCUT2D eigenvalue weighted by atomic mass is 10.1. The zero-order chi connectivity index (χ0) is 19.6. The summed E-state index contributed by atoms with van der Waals surface area (Å²) in [6.07, 6.45) is 0.801. The molecule has 2 aromatic heterocycles. The second-order valence-electron chi connectivity index (χ2n) is 6.93. The molecule has 0 saturated heterocycles. The fraction of sp³-hybridized carbons (Fsp3) is 0.0870. The normalized spacial score (nSPS) is 11.2. The molecule has 5 rings (SSSR count). The number of nitrogens with one attached hydrogen (secondary N) is 3. The number of hydrogen-bond acceptors (Lipinski definition) is 3. The summed E-state index contributed by atoms with van der Waals surface area (Å²) < 4.78 is 0. The zero-order valence-corrected chi connectivity index (χ0v) is 15.6. The molecule has 0 saturated carbocycles. The van der Waals surface area contributed by atoms with Crippen LogP contribution in [-0.4, -0.2) is 32.6 Å². The van der Waals surface area contributed by atoms with Gasteiger partial charge in [0.15, 0.2) is 5.82 Å². The maximum atomic E-state index is 12.5. The van der Waals surface area contributed by atoms with E-state index in [9.17, 15) is 4.79 Å². The molecular weight excluding hydrogens is 362 g/mol. The summed E-state index contributed by atoms with van der Waals surface area (Å²) in [5.74, 6) is 0.586. The van der Waals surface area contributed by atoms with Crippen LogP contribution in [0.2, 0.25) is 0 Å². The van der Waals surface area contributed by atoms with Gasteiger partial charge in [0.05, 0.1) is 16.6 Å². The number of amides is 1. The van der Waals surface area contributed by atoms with Gasteiger partial charge in [-0.3, -0.25) is 9.89 Å². The van der Waals surface area contributed by atoms with E-state index in [0.29, 0.717) is 17.9 Å². The molecule has 0 atom stereocenters. The van der Waals surface area contributed by atoms with E-state index in [1.165, 1.54) is 5.56 Å². The average molecular weight is 381 g/mol. The van der Waals surface area contributed by atoms with Crippen LogP contribution in [0.4, 0.5) is 0 Å². The lowest BCUT2D eigenvalue weighted by Crippen LogP contribution is -2.25. The quantitative estimate of drug-likeness (QED) is 0.429. The van der Waals surface area contributed by atoms with E-state index in [4.69, 9.17) is 0 Å². The standard InChI is InChI=1S/C23H19N5O/c29-23(24-13-12-15-6-2-1-3-7-15)16-10-11-19-20(14-16)26-22(25-19)21-17-8-4-5-9-18(17)27-28-21/h1-11,14H,12-13H2,(H,24,29)(H,25,26)(H,27,28). The Morgan fingerprint density at radius 2 is 1.76 bits per heavy atom. The predicted octanol–water partition coefficient (Wildman–Crippen LogP) is 4.08. The molecular formula is C23H19N5O.